The lowest BCUT2D eigenvalue weighted by Crippen LogP contribution is -2.47. The number of carboxylic acids is 1. The van der Waals surface area contributed by atoms with E-state index in [1.165, 1.54) is 22.4 Å². The molecule has 4 N–H and O–H groups in total. The summed E-state index contributed by atoms with van der Waals surface area (Å²) >= 11 is 0. The van der Waals surface area contributed by atoms with Crippen LogP contribution in [0.4, 0.5) is 5.82 Å². The molecule has 0 fully saturated rings. The van der Waals surface area contributed by atoms with Crippen molar-refractivity contribution in [1.29, 1.82) is 5.41 Å². The molecular formula is C18H29N9O4. The molecule has 0 radical (unpaired) electrons. The Balaban J connectivity index is 2.18. The molecule has 170 valence electrons. The Labute approximate surface area is 179 Å². The van der Waals surface area contributed by atoms with E-state index in [-0.39, 0.29) is 18.9 Å². The maximum atomic E-state index is 11.9. The fraction of sp³-hybridized carbons (Fsp3) is 0.556. The zero-order valence-corrected chi connectivity index (χ0v) is 17.9. The van der Waals surface area contributed by atoms with Gasteiger partial charge in [0.1, 0.15) is 12.7 Å². The predicted octanol–water partition coefficient (Wildman–Crippen LogP) is 0.147. The van der Waals surface area contributed by atoms with Gasteiger partial charge in [-0.2, -0.15) is 0 Å². The van der Waals surface area contributed by atoms with Gasteiger partial charge in [-0.05, 0) is 19.3 Å². The van der Waals surface area contributed by atoms with Crippen molar-refractivity contribution in [3.8, 4) is 0 Å². The van der Waals surface area contributed by atoms with Gasteiger partial charge < -0.3 is 15.7 Å². The van der Waals surface area contributed by atoms with Gasteiger partial charge in [-0.25, -0.2) is 34.5 Å². The Bertz CT molecular complexity index is 901. The van der Waals surface area contributed by atoms with Crippen LogP contribution in [0.1, 0.15) is 32.6 Å². The number of aliphatic carboxylic acids is 1. The van der Waals surface area contributed by atoms with Crippen LogP contribution in [0.2, 0.25) is 0 Å². The van der Waals surface area contributed by atoms with Crippen LogP contribution in [0.3, 0.4) is 0 Å². The topological polar surface area (TPSA) is 167 Å². The van der Waals surface area contributed by atoms with Gasteiger partial charge in [0.25, 0.3) is 0 Å². The zero-order chi connectivity index (χ0) is 23.0. The monoisotopic (exact) mass is 435 g/mol. The second kappa shape index (κ2) is 11.1. The van der Waals surface area contributed by atoms with Gasteiger partial charge in [0, 0.05) is 20.6 Å². The highest BCUT2D eigenvalue weighted by Crippen LogP contribution is 2.20. The number of nitrogens with two attached hydrogens (primary N) is 1. The molecule has 2 heterocycles. The minimum absolute atomic E-state index is 0.0975. The molecule has 0 aliphatic rings. The molecule has 2 aromatic heterocycles. The first-order valence-electron chi connectivity index (χ1n) is 9.88. The minimum atomic E-state index is -1.18. The maximum absolute atomic E-state index is 11.9. The van der Waals surface area contributed by atoms with Crippen molar-refractivity contribution in [3.05, 3.63) is 12.7 Å². The van der Waals surface area contributed by atoms with Crippen molar-refractivity contribution in [1.82, 2.24) is 24.7 Å². The summed E-state index contributed by atoms with van der Waals surface area (Å²) in [4.78, 5) is 43.6. The lowest BCUT2D eigenvalue weighted by Gasteiger charge is -2.27. The van der Waals surface area contributed by atoms with E-state index in [4.69, 9.17) is 16.0 Å². The fourth-order valence-electron chi connectivity index (χ4n) is 2.95. The molecule has 0 aromatic carbocycles. The summed E-state index contributed by atoms with van der Waals surface area (Å²) in [6.45, 7) is 2.64. The SMILES string of the molecule is CCCCON(CCC[C@H](C(=O)O)N(C=O)n1cnc2c(N(C)C)ncnc21)C(=N)N. The minimum Gasteiger partial charge on any atom is -0.480 e. The van der Waals surface area contributed by atoms with Crippen LogP contribution in [0.25, 0.3) is 11.2 Å². The van der Waals surface area contributed by atoms with Crippen molar-refractivity contribution in [2.75, 3.05) is 37.2 Å². The molecule has 2 rings (SSSR count). The van der Waals surface area contributed by atoms with E-state index in [1.54, 1.807) is 19.0 Å². The number of imidazole rings is 1. The van der Waals surface area contributed by atoms with Crippen LogP contribution in [0.5, 0.6) is 0 Å². The van der Waals surface area contributed by atoms with Gasteiger partial charge in [-0.1, -0.05) is 13.3 Å². The standard InChI is InChI=1S/C18H29N9O4/c1-4-5-9-31-27(18(19)20)8-6-7-13(17(29)30)26(12-28)25-11-23-14-15(24(2)3)21-10-22-16(14)25/h10-13H,4-9H2,1-3H3,(H3,19,20)(H,29,30)/t13-/m1/s1. The van der Waals surface area contributed by atoms with Crippen LogP contribution < -0.4 is 15.6 Å². The number of carbonyl (C=O) groups is 2. The molecular weight excluding hydrogens is 406 g/mol. The Morgan fingerprint density at radius 3 is 2.68 bits per heavy atom. The third kappa shape index (κ3) is 5.78. The van der Waals surface area contributed by atoms with Crippen LogP contribution in [0.15, 0.2) is 12.7 Å². The summed E-state index contributed by atoms with van der Waals surface area (Å²) < 4.78 is 1.30. The highest BCUT2D eigenvalue weighted by Gasteiger charge is 2.28. The number of hydrogen-bond donors (Lipinski definition) is 3. The molecule has 13 heteroatoms. The first-order valence-corrected chi connectivity index (χ1v) is 9.88. The quantitative estimate of drug-likeness (QED) is 0.129. The van der Waals surface area contributed by atoms with Crippen molar-refractivity contribution in [3.63, 3.8) is 0 Å². The summed E-state index contributed by atoms with van der Waals surface area (Å²) in [5.41, 5.74) is 6.28. The average Bonchev–Trinajstić information content (AvgIpc) is 3.15. The summed E-state index contributed by atoms with van der Waals surface area (Å²) in [5, 5.41) is 19.6. The smallest absolute Gasteiger partial charge is 0.328 e. The third-order valence-electron chi connectivity index (χ3n) is 4.53. The lowest BCUT2D eigenvalue weighted by atomic mass is 10.1. The number of carboxylic acid groups (broad SMARTS) is 1. The number of unbranched alkanes of at least 4 members (excludes halogenated alkanes) is 1. The van der Waals surface area contributed by atoms with Crippen LogP contribution in [-0.2, 0) is 14.4 Å². The number of fused-ring (bicyclic) bond motifs is 1. The van der Waals surface area contributed by atoms with E-state index in [0.717, 1.165) is 17.9 Å². The van der Waals surface area contributed by atoms with Crippen LogP contribution in [0, 0.1) is 5.41 Å². The molecule has 13 nitrogen and oxygen atoms in total. The van der Waals surface area contributed by atoms with Crippen molar-refractivity contribution >= 4 is 35.3 Å². The summed E-state index contributed by atoms with van der Waals surface area (Å²) in [6.07, 6.45) is 5.25. The molecule has 0 unspecified atom stereocenters. The number of nitrogens with one attached hydrogen (secondary N) is 1. The number of amides is 1. The number of guanidine groups is 1. The summed E-state index contributed by atoms with van der Waals surface area (Å²) in [7, 11) is 3.59. The molecule has 0 spiro atoms. The molecule has 0 saturated carbocycles. The third-order valence-corrected chi connectivity index (χ3v) is 4.53. The highest BCUT2D eigenvalue weighted by molar-refractivity contribution is 5.87. The zero-order valence-electron chi connectivity index (χ0n) is 17.9. The van der Waals surface area contributed by atoms with Gasteiger partial charge in [0.15, 0.2) is 23.0 Å². The Kier molecular flexibility index (Phi) is 8.49. The van der Waals surface area contributed by atoms with Gasteiger partial charge in [-0.15, -0.1) is 0 Å². The molecule has 0 aliphatic carbocycles. The van der Waals surface area contributed by atoms with E-state index < -0.39 is 12.0 Å². The average molecular weight is 435 g/mol. The maximum Gasteiger partial charge on any atom is 0.328 e. The molecule has 1 amide bonds. The highest BCUT2D eigenvalue weighted by atomic mass is 16.7. The Hall–Kier alpha value is -3.48. The van der Waals surface area contributed by atoms with E-state index in [1.807, 2.05) is 6.92 Å². The van der Waals surface area contributed by atoms with Crippen molar-refractivity contribution in [2.45, 2.75) is 38.6 Å². The summed E-state index contributed by atoms with van der Waals surface area (Å²) in [6, 6.07) is -1.18. The number of hydrogen-bond acceptors (Lipinski definition) is 8. The first kappa shape index (κ1) is 23.8. The Morgan fingerprint density at radius 1 is 1.35 bits per heavy atom. The molecule has 0 bridgehead atoms. The Morgan fingerprint density at radius 2 is 2.10 bits per heavy atom. The number of nitrogens with zero attached hydrogens (tertiary/aromatic N) is 7. The number of hydroxylamine groups is 2. The molecule has 2 aromatic rings. The molecule has 0 aliphatic heterocycles. The second-order valence-corrected chi connectivity index (χ2v) is 7.01. The molecule has 31 heavy (non-hydrogen) atoms. The largest absolute Gasteiger partial charge is 0.480 e. The van der Waals surface area contributed by atoms with Crippen LogP contribution in [-0.4, -0.2) is 81.4 Å². The fourth-order valence-corrected chi connectivity index (χ4v) is 2.95. The number of carbonyl (C=O) groups excluding carboxylic acids is 1. The first-order chi connectivity index (χ1) is 14.8. The number of rotatable bonds is 13. The van der Waals surface area contributed by atoms with Crippen molar-refractivity contribution in [2.24, 2.45) is 5.73 Å². The number of aromatic nitrogens is 4. The van der Waals surface area contributed by atoms with E-state index in [2.05, 4.69) is 15.0 Å². The number of anilines is 1. The van der Waals surface area contributed by atoms with Gasteiger partial charge in [0.2, 0.25) is 12.4 Å². The second-order valence-electron chi connectivity index (χ2n) is 7.01. The normalized spacial score (nSPS) is 11.8. The van der Waals surface area contributed by atoms with Gasteiger partial charge in [0.05, 0.1) is 6.61 Å². The summed E-state index contributed by atoms with van der Waals surface area (Å²) in [5.74, 6) is -0.899. The lowest BCUT2D eigenvalue weighted by molar-refractivity contribution is -0.140. The van der Waals surface area contributed by atoms with Crippen molar-refractivity contribution < 1.29 is 19.5 Å². The molecule has 0 saturated heterocycles. The van der Waals surface area contributed by atoms with E-state index in [9.17, 15) is 14.7 Å². The molecule has 1 atom stereocenters. The van der Waals surface area contributed by atoms with Crippen LogP contribution >= 0.6 is 0 Å². The van der Waals surface area contributed by atoms with Gasteiger partial charge >= 0.3 is 5.97 Å². The van der Waals surface area contributed by atoms with Gasteiger partial charge in [-0.3, -0.25) is 15.0 Å². The predicted molar refractivity (Wildman–Crippen MR) is 114 cm³/mol. The van der Waals surface area contributed by atoms with E-state index >= 15 is 0 Å². The van der Waals surface area contributed by atoms with E-state index in [0.29, 0.717) is 36.4 Å².